The molecule has 25 heavy (non-hydrogen) atoms. The first-order valence-electron chi connectivity index (χ1n) is 7.95. The van der Waals surface area contributed by atoms with Gasteiger partial charge < -0.3 is 5.11 Å². The number of aromatic hydroxyl groups is 1. The Balaban J connectivity index is 1.55. The monoisotopic (exact) mass is 485 g/mol. The van der Waals surface area contributed by atoms with Crippen LogP contribution in [0.25, 0.3) is 0 Å². The summed E-state index contributed by atoms with van der Waals surface area (Å²) in [5, 5.41) is 17.4. The maximum atomic E-state index is 10.1. The fourth-order valence-electron chi connectivity index (χ4n) is 2.69. The van der Waals surface area contributed by atoms with Crippen molar-refractivity contribution in [2.24, 2.45) is 5.10 Å². The highest BCUT2D eigenvalue weighted by Crippen LogP contribution is 2.30. The van der Waals surface area contributed by atoms with Crippen LogP contribution >= 0.6 is 43.5 Å². The Morgan fingerprint density at radius 1 is 1.08 bits per heavy atom. The number of hydrogen-bond acceptors (Lipinski definition) is 4. The summed E-state index contributed by atoms with van der Waals surface area (Å²) in [7, 11) is 0. The van der Waals surface area contributed by atoms with Crippen LogP contribution in [0.15, 0.2) is 50.4 Å². The van der Waals surface area contributed by atoms with Crippen molar-refractivity contribution in [1.29, 1.82) is 0 Å². The molecule has 0 bridgehead atoms. The van der Waals surface area contributed by atoms with Crippen LogP contribution in [0.5, 0.6) is 5.75 Å². The molecule has 1 fully saturated rings. The van der Waals surface area contributed by atoms with Crippen LogP contribution in [0.1, 0.15) is 11.1 Å². The van der Waals surface area contributed by atoms with Gasteiger partial charge in [0.2, 0.25) is 0 Å². The molecule has 132 valence electrons. The van der Waals surface area contributed by atoms with E-state index in [2.05, 4.69) is 54.0 Å². The summed E-state index contributed by atoms with van der Waals surface area (Å²) in [6, 6.07) is 11.7. The van der Waals surface area contributed by atoms with Gasteiger partial charge in [0, 0.05) is 47.8 Å². The molecule has 1 aliphatic rings. The average molecular weight is 488 g/mol. The zero-order valence-electron chi connectivity index (χ0n) is 13.5. The minimum Gasteiger partial charge on any atom is -0.506 e. The number of nitrogens with zero attached hydrogens (tertiary/aromatic N) is 3. The van der Waals surface area contributed by atoms with Crippen molar-refractivity contribution in [3.05, 3.63) is 61.5 Å². The molecule has 2 aromatic carbocycles. The quantitative estimate of drug-likeness (QED) is 0.635. The van der Waals surface area contributed by atoms with Crippen LogP contribution in [-0.2, 0) is 6.54 Å². The van der Waals surface area contributed by atoms with Gasteiger partial charge in [-0.15, -0.1) is 0 Å². The fourth-order valence-corrected chi connectivity index (χ4v) is 4.07. The minimum atomic E-state index is 0.202. The molecule has 2 aromatic rings. The van der Waals surface area contributed by atoms with E-state index in [1.54, 1.807) is 6.21 Å². The Morgan fingerprint density at radius 3 is 2.44 bits per heavy atom. The van der Waals surface area contributed by atoms with Gasteiger partial charge in [0.25, 0.3) is 0 Å². The molecule has 0 aliphatic carbocycles. The SMILES string of the molecule is Oc1c(Br)cc(Br)cc1/C=N\N1CCN(Cc2ccc(Cl)cc2)CC1. The zero-order valence-corrected chi connectivity index (χ0v) is 17.4. The maximum absolute atomic E-state index is 10.1. The van der Waals surface area contributed by atoms with Crippen molar-refractivity contribution in [2.75, 3.05) is 26.2 Å². The van der Waals surface area contributed by atoms with Crippen molar-refractivity contribution < 1.29 is 5.11 Å². The third-order valence-corrected chi connectivity index (χ3v) is 5.40. The molecule has 4 nitrogen and oxygen atoms in total. The van der Waals surface area contributed by atoms with Gasteiger partial charge in [0.15, 0.2) is 0 Å². The molecular formula is C18H18Br2ClN3O. The van der Waals surface area contributed by atoms with Crippen LogP contribution in [0.3, 0.4) is 0 Å². The van der Waals surface area contributed by atoms with E-state index in [1.807, 2.05) is 29.3 Å². The van der Waals surface area contributed by atoms with E-state index >= 15 is 0 Å². The Kier molecular flexibility index (Phi) is 6.39. The Hall–Kier alpha value is -1.08. The predicted octanol–water partition coefficient (Wildman–Crippen LogP) is 4.72. The Bertz CT molecular complexity index is 760. The van der Waals surface area contributed by atoms with E-state index < -0.39 is 0 Å². The Morgan fingerprint density at radius 2 is 1.76 bits per heavy atom. The smallest absolute Gasteiger partial charge is 0.138 e. The molecule has 0 saturated carbocycles. The third kappa shape index (κ3) is 5.20. The highest BCUT2D eigenvalue weighted by atomic mass is 79.9. The first-order valence-corrected chi connectivity index (χ1v) is 9.91. The van der Waals surface area contributed by atoms with E-state index in [4.69, 9.17) is 11.6 Å². The van der Waals surface area contributed by atoms with Gasteiger partial charge in [-0.05, 0) is 45.8 Å². The average Bonchev–Trinajstić information content (AvgIpc) is 2.60. The second-order valence-corrected chi connectivity index (χ2v) is 8.13. The molecule has 1 aliphatic heterocycles. The predicted molar refractivity (Wildman–Crippen MR) is 109 cm³/mol. The van der Waals surface area contributed by atoms with Gasteiger partial charge >= 0.3 is 0 Å². The molecular weight excluding hydrogens is 469 g/mol. The lowest BCUT2D eigenvalue weighted by atomic mass is 10.2. The van der Waals surface area contributed by atoms with Gasteiger partial charge in [0.05, 0.1) is 10.7 Å². The highest BCUT2D eigenvalue weighted by molar-refractivity contribution is 9.11. The highest BCUT2D eigenvalue weighted by Gasteiger charge is 2.15. The molecule has 1 heterocycles. The van der Waals surface area contributed by atoms with Crippen LogP contribution in [0, 0.1) is 0 Å². The number of halogens is 3. The van der Waals surface area contributed by atoms with Gasteiger partial charge in [-0.3, -0.25) is 9.91 Å². The second kappa shape index (κ2) is 8.54. The minimum absolute atomic E-state index is 0.202. The molecule has 0 unspecified atom stereocenters. The van der Waals surface area contributed by atoms with E-state index in [-0.39, 0.29) is 5.75 Å². The fraction of sp³-hybridized carbons (Fsp3) is 0.278. The second-order valence-electron chi connectivity index (χ2n) is 5.93. The summed E-state index contributed by atoms with van der Waals surface area (Å²) < 4.78 is 1.54. The molecule has 0 radical (unpaired) electrons. The topological polar surface area (TPSA) is 39.1 Å². The lowest BCUT2D eigenvalue weighted by molar-refractivity contribution is 0.131. The van der Waals surface area contributed by atoms with Gasteiger partial charge in [-0.25, -0.2) is 0 Å². The molecule has 1 N–H and O–H groups in total. The van der Waals surface area contributed by atoms with Crippen molar-refractivity contribution >= 4 is 49.7 Å². The lowest BCUT2D eigenvalue weighted by Crippen LogP contribution is -2.43. The number of hydrogen-bond donors (Lipinski definition) is 1. The van der Waals surface area contributed by atoms with E-state index in [0.29, 0.717) is 10.0 Å². The molecule has 1 saturated heterocycles. The lowest BCUT2D eigenvalue weighted by Gasteiger charge is -2.33. The van der Waals surface area contributed by atoms with Crippen LogP contribution in [-0.4, -0.2) is 47.4 Å². The summed E-state index contributed by atoms with van der Waals surface area (Å²) in [5.74, 6) is 0.202. The van der Waals surface area contributed by atoms with E-state index in [1.165, 1.54) is 5.56 Å². The van der Waals surface area contributed by atoms with Crippen LogP contribution in [0.2, 0.25) is 5.02 Å². The van der Waals surface area contributed by atoms with Crippen LogP contribution in [0.4, 0.5) is 0 Å². The van der Waals surface area contributed by atoms with Gasteiger partial charge in [-0.1, -0.05) is 39.7 Å². The molecule has 0 aromatic heterocycles. The molecule has 3 rings (SSSR count). The number of hydrazone groups is 1. The van der Waals surface area contributed by atoms with Gasteiger partial charge in [0.1, 0.15) is 5.75 Å². The largest absolute Gasteiger partial charge is 0.506 e. The zero-order chi connectivity index (χ0) is 17.8. The molecule has 0 spiro atoms. The number of piperazine rings is 1. The van der Waals surface area contributed by atoms with E-state index in [9.17, 15) is 5.11 Å². The number of phenolic OH excluding ortho intramolecular Hbond substituents is 1. The molecule has 7 heteroatoms. The summed E-state index contributed by atoms with van der Waals surface area (Å²) in [4.78, 5) is 2.41. The van der Waals surface area contributed by atoms with E-state index in [0.717, 1.165) is 42.2 Å². The van der Waals surface area contributed by atoms with Crippen molar-refractivity contribution in [3.8, 4) is 5.75 Å². The summed E-state index contributed by atoms with van der Waals surface area (Å²) in [5.41, 5.74) is 1.95. The third-order valence-electron chi connectivity index (χ3n) is 4.09. The maximum Gasteiger partial charge on any atom is 0.138 e. The number of phenols is 1. The number of rotatable bonds is 4. The summed E-state index contributed by atoms with van der Waals surface area (Å²) >= 11 is 12.7. The van der Waals surface area contributed by atoms with Crippen molar-refractivity contribution in [3.63, 3.8) is 0 Å². The summed E-state index contributed by atoms with van der Waals surface area (Å²) in [6.45, 7) is 4.55. The van der Waals surface area contributed by atoms with Crippen LogP contribution < -0.4 is 0 Å². The molecule has 0 atom stereocenters. The summed E-state index contributed by atoms with van der Waals surface area (Å²) in [6.07, 6.45) is 1.71. The number of benzene rings is 2. The first kappa shape index (κ1) is 18.7. The molecule has 0 amide bonds. The Labute approximate surface area is 169 Å². The normalized spacial score (nSPS) is 15.9. The van der Waals surface area contributed by atoms with Crippen molar-refractivity contribution in [1.82, 2.24) is 9.91 Å². The standard InChI is InChI=1S/C18H18Br2ClN3O/c19-15-9-14(18(25)17(20)10-15)11-22-24-7-5-23(6-8-24)12-13-1-3-16(21)4-2-13/h1-4,9-11,25H,5-8,12H2/b22-11-. The van der Waals surface area contributed by atoms with Gasteiger partial charge in [-0.2, -0.15) is 5.10 Å². The first-order chi connectivity index (χ1) is 12.0. The van der Waals surface area contributed by atoms with Crippen molar-refractivity contribution in [2.45, 2.75) is 6.54 Å².